The molecule has 0 amide bonds. The minimum Gasteiger partial charge on any atom is -0.377 e. The van der Waals surface area contributed by atoms with Crippen molar-refractivity contribution in [3.63, 3.8) is 0 Å². The summed E-state index contributed by atoms with van der Waals surface area (Å²) in [6.45, 7) is 0. The first-order valence-corrected chi connectivity index (χ1v) is 7.49. The van der Waals surface area contributed by atoms with E-state index in [0.29, 0.717) is 5.56 Å². The minimum atomic E-state index is 0.258. The smallest absolute Gasteiger partial charge is 0.103 e. The van der Waals surface area contributed by atoms with Gasteiger partial charge in [-0.05, 0) is 30.0 Å². The zero-order valence-electron chi connectivity index (χ0n) is 12.1. The zero-order valence-corrected chi connectivity index (χ0v) is 12.1. The molecule has 3 nitrogen and oxygen atoms in total. The van der Waals surface area contributed by atoms with Gasteiger partial charge in [0, 0.05) is 11.6 Å². The van der Waals surface area contributed by atoms with Gasteiger partial charge in [0.1, 0.15) is 6.07 Å². The Balaban J connectivity index is 1.81. The molecule has 1 aromatic heterocycles. The molecule has 3 heteroatoms. The lowest BCUT2D eigenvalue weighted by Gasteiger charge is -2.18. The van der Waals surface area contributed by atoms with Crippen LogP contribution in [0.3, 0.4) is 0 Å². The summed E-state index contributed by atoms with van der Waals surface area (Å²) in [5, 5.41) is 14.0. The number of nitrogens with zero attached hydrogens (tertiary/aromatic N) is 2. The third-order valence-corrected chi connectivity index (χ3v) is 4.35. The monoisotopic (exact) mass is 285 g/mol. The number of aromatic nitrogens is 1. The van der Waals surface area contributed by atoms with Crippen molar-refractivity contribution < 1.29 is 0 Å². The molecule has 1 N–H and O–H groups in total. The van der Waals surface area contributed by atoms with Crippen LogP contribution in [0.15, 0.2) is 54.7 Å². The lowest BCUT2D eigenvalue weighted by atomic mass is 10.1. The van der Waals surface area contributed by atoms with E-state index in [1.807, 2.05) is 24.3 Å². The third-order valence-electron chi connectivity index (χ3n) is 4.35. The van der Waals surface area contributed by atoms with E-state index >= 15 is 0 Å². The number of aryl methyl sites for hydroxylation is 1. The average Bonchev–Trinajstić information content (AvgIpc) is 2.98. The molecule has 1 aliphatic rings. The zero-order chi connectivity index (χ0) is 14.9. The van der Waals surface area contributed by atoms with Gasteiger partial charge in [-0.2, -0.15) is 5.26 Å². The summed E-state index contributed by atoms with van der Waals surface area (Å²) in [6.07, 6.45) is 3.80. The number of benzene rings is 2. The Morgan fingerprint density at radius 3 is 2.82 bits per heavy atom. The maximum atomic E-state index is 9.42. The van der Waals surface area contributed by atoms with Gasteiger partial charge < -0.3 is 5.32 Å². The number of anilines is 1. The minimum absolute atomic E-state index is 0.258. The molecular weight excluding hydrogens is 270 g/mol. The highest BCUT2D eigenvalue weighted by molar-refractivity contribution is 5.94. The Bertz CT molecular complexity index is 893. The van der Waals surface area contributed by atoms with Crippen molar-refractivity contribution in [2.75, 3.05) is 5.32 Å². The standard InChI is InChI=1S/C19H15N3/c20-11-14-12-21-17-8-4-3-7-16(17)19(14)22-18-10-9-13-5-1-2-6-15(13)18/h1-8,12,18H,9-10H2,(H,21,22). The molecule has 1 aliphatic carbocycles. The van der Waals surface area contributed by atoms with E-state index in [1.54, 1.807) is 6.20 Å². The largest absolute Gasteiger partial charge is 0.377 e. The maximum absolute atomic E-state index is 9.42. The molecule has 0 saturated heterocycles. The van der Waals surface area contributed by atoms with Crippen molar-refractivity contribution in [3.8, 4) is 6.07 Å². The predicted octanol–water partition coefficient (Wildman–Crippen LogP) is 4.21. The first-order valence-electron chi connectivity index (χ1n) is 7.49. The van der Waals surface area contributed by atoms with Gasteiger partial charge >= 0.3 is 0 Å². The molecule has 22 heavy (non-hydrogen) atoms. The number of hydrogen-bond acceptors (Lipinski definition) is 3. The Morgan fingerprint density at radius 2 is 1.91 bits per heavy atom. The number of hydrogen-bond donors (Lipinski definition) is 1. The Labute approximate surface area is 129 Å². The van der Waals surface area contributed by atoms with Crippen molar-refractivity contribution in [2.24, 2.45) is 0 Å². The molecule has 1 unspecified atom stereocenters. The van der Waals surface area contributed by atoms with Gasteiger partial charge in [-0.3, -0.25) is 4.98 Å². The van der Waals surface area contributed by atoms with E-state index in [4.69, 9.17) is 0 Å². The van der Waals surface area contributed by atoms with Crippen LogP contribution in [0, 0.1) is 11.3 Å². The second-order valence-electron chi connectivity index (χ2n) is 5.61. The quantitative estimate of drug-likeness (QED) is 0.767. The molecule has 0 fully saturated rings. The van der Waals surface area contributed by atoms with Gasteiger partial charge in [0.05, 0.1) is 22.8 Å². The van der Waals surface area contributed by atoms with Gasteiger partial charge in [0.15, 0.2) is 0 Å². The number of nitriles is 1. The summed E-state index contributed by atoms with van der Waals surface area (Å²) in [4.78, 5) is 4.37. The fourth-order valence-electron chi connectivity index (χ4n) is 3.26. The lowest BCUT2D eigenvalue weighted by Crippen LogP contribution is -2.09. The van der Waals surface area contributed by atoms with Crippen LogP contribution in [0.4, 0.5) is 5.69 Å². The van der Waals surface area contributed by atoms with E-state index in [1.165, 1.54) is 11.1 Å². The molecule has 1 atom stereocenters. The third kappa shape index (κ3) is 2.01. The second-order valence-corrected chi connectivity index (χ2v) is 5.61. The summed E-state index contributed by atoms with van der Waals surface area (Å²) in [5.41, 5.74) is 5.15. The highest BCUT2D eigenvalue weighted by Crippen LogP contribution is 2.36. The molecule has 0 saturated carbocycles. The van der Waals surface area contributed by atoms with Crippen LogP contribution >= 0.6 is 0 Å². The van der Waals surface area contributed by atoms with Crippen molar-refractivity contribution in [1.29, 1.82) is 5.26 Å². The number of fused-ring (bicyclic) bond motifs is 2. The molecule has 0 spiro atoms. The van der Waals surface area contributed by atoms with E-state index in [-0.39, 0.29) is 6.04 Å². The maximum Gasteiger partial charge on any atom is 0.103 e. The van der Waals surface area contributed by atoms with Gasteiger partial charge in [-0.25, -0.2) is 0 Å². The van der Waals surface area contributed by atoms with Crippen LogP contribution in [-0.4, -0.2) is 4.98 Å². The fourth-order valence-corrected chi connectivity index (χ4v) is 3.26. The fraction of sp³-hybridized carbons (Fsp3) is 0.158. The lowest BCUT2D eigenvalue weighted by molar-refractivity contribution is 0.762. The molecule has 0 bridgehead atoms. The van der Waals surface area contributed by atoms with Crippen molar-refractivity contribution in [2.45, 2.75) is 18.9 Å². The van der Waals surface area contributed by atoms with Gasteiger partial charge in [-0.1, -0.05) is 42.5 Å². The molecule has 0 aliphatic heterocycles. The number of para-hydroxylation sites is 1. The second kappa shape index (κ2) is 5.16. The normalized spacial score (nSPS) is 16.2. The highest BCUT2D eigenvalue weighted by Gasteiger charge is 2.23. The average molecular weight is 285 g/mol. The Morgan fingerprint density at radius 1 is 1.09 bits per heavy atom. The Hall–Kier alpha value is -2.86. The summed E-state index contributed by atoms with van der Waals surface area (Å²) < 4.78 is 0. The van der Waals surface area contributed by atoms with Crippen LogP contribution in [0.2, 0.25) is 0 Å². The van der Waals surface area contributed by atoms with E-state index < -0.39 is 0 Å². The van der Waals surface area contributed by atoms with Gasteiger partial charge in [0.2, 0.25) is 0 Å². The predicted molar refractivity (Wildman–Crippen MR) is 87.6 cm³/mol. The van der Waals surface area contributed by atoms with Crippen LogP contribution in [0.5, 0.6) is 0 Å². The number of rotatable bonds is 2. The van der Waals surface area contributed by atoms with Crippen molar-refractivity contribution in [3.05, 3.63) is 71.4 Å². The van der Waals surface area contributed by atoms with Crippen molar-refractivity contribution >= 4 is 16.6 Å². The highest BCUT2D eigenvalue weighted by atomic mass is 14.9. The summed E-state index contributed by atoms with van der Waals surface area (Å²) in [5.74, 6) is 0. The molecule has 106 valence electrons. The number of pyridine rings is 1. The topological polar surface area (TPSA) is 48.7 Å². The molecule has 1 heterocycles. The van der Waals surface area contributed by atoms with Crippen molar-refractivity contribution in [1.82, 2.24) is 4.98 Å². The summed E-state index contributed by atoms with van der Waals surface area (Å²) in [7, 11) is 0. The number of nitrogens with one attached hydrogen (secondary N) is 1. The van der Waals surface area contributed by atoms with E-state index in [2.05, 4.69) is 40.6 Å². The van der Waals surface area contributed by atoms with Gasteiger partial charge in [0.25, 0.3) is 0 Å². The van der Waals surface area contributed by atoms with Crippen LogP contribution in [0.1, 0.15) is 29.2 Å². The first-order chi connectivity index (χ1) is 10.9. The Kier molecular flexibility index (Phi) is 3.01. The molecule has 4 rings (SSSR count). The summed E-state index contributed by atoms with van der Waals surface area (Å²) >= 11 is 0. The molecular formula is C19H15N3. The van der Waals surface area contributed by atoms with E-state index in [9.17, 15) is 5.26 Å². The van der Waals surface area contributed by atoms with E-state index in [0.717, 1.165) is 29.4 Å². The summed E-state index contributed by atoms with van der Waals surface area (Å²) in [6, 6.07) is 19.0. The van der Waals surface area contributed by atoms with Crippen LogP contribution < -0.4 is 5.32 Å². The SMILES string of the molecule is N#Cc1cnc2ccccc2c1NC1CCc2ccccc21. The molecule has 0 radical (unpaired) electrons. The molecule has 3 aromatic rings. The van der Waals surface area contributed by atoms with Gasteiger partial charge in [-0.15, -0.1) is 0 Å². The van der Waals surface area contributed by atoms with Crippen LogP contribution in [-0.2, 0) is 6.42 Å². The molecule has 2 aromatic carbocycles. The van der Waals surface area contributed by atoms with Crippen LogP contribution in [0.25, 0.3) is 10.9 Å². The first kappa shape index (κ1) is 12.8.